The molecular weight excluding hydrogens is 304 g/mol. The van der Waals surface area contributed by atoms with Crippen LogP contribution in [-0.2, 0) is 12.7 Å². The largest absolute Gasteiger partial charge is 0.479 e. The summed E-state index contributed by atoms with van der Waals surface area (Å²) in [7, 11) is -4.20. The Morgan fingerprint density at radius 2 is 1.40 bits per heavy atom. The van der Waals surface area contributed by atoms with Crippen molar-refractivity contribution < 1.29 is 12.7 Å². The highest BCUT2D eigenvalue weighted by molar-refractivity contribution is 6.85. The van der Waals surface area contributed by atoms with Crippen LogP contribution in [0.2, 0.25) is 45.3 Å². The summed E-state index contributed by atoms with van der Waals surface area (Å²) in [4.78, 5) is 0. The van der Waals surface area contributed by atoms with Gasteiger partial charge in [0, 0.05) is 26.2 Å². The minimum Gasteiger partial charge on any atom is -0.416 e. The van der Waals surface area contributed by atoms with E-state index in [1.807, 2.05) is 0 Å². The molecule has 3 N–H and O–H groups in total. The van der Waals surface area contributed by atoms with Crippen molar-refractivity contribution >= 4 is 25.4 Å². The summed E-state index contributed by atoms with van der Waals surface area (Å²) in [6.45, 7) is 15.6. The Bertz CT molecular complexity index is 252. The lowest BCUT2D eigenvalue weighted by molar-refractivity contribution is 0.198. The molecule has 0 atom stereocenters. The average Bonchev–Trinajstić information content (AvgIpc) is 2.24. The first-order valence-electron chi connectivity index (χ1n) is 7.40. The van der Waals surface area contributed by atoms with Gasteiger partial charge in [-0.05, 0) is 52.2 Å². The van der Waals surface area contributed by atoms with Crippen molar-refractivity contribution in [3.8, 4) is 0 Å². The highest BCUT2D eigenvalue weighted by Crippen LogP contribution is 2.25. The fourth-order valence-electron chi connectivity index (χ4n) is 1.90. The van der Waals surface area contributed by atoms with E-state index < -0.39 is 25.4 Å². The summed E-state index contributed by atoms with van der Waals surface area (Å²) < 4.78 is 18.6. The fourth-order valence-corrected chi connectivity index (χ4v) is 12.2. The van der Waals surface area contributed by atoms with Gasteiger partial charge in [0.05, 0.1) is 0 Å². The van der Waals surface area contributed by atoms with Gasteiger partial charge in [-0.1, -0.05) is 0 Å². The van der Waals surface area contributed by atoms with Gasteiger partial charge in [0.1, 0.15) is 0 Å². The zero-order valence-electron chi connectivity index (χ0n) is 14.3. The van der Waals surface area contributed by atoms with Crippen LogP contribution in [0.5, 0.6) is 0 Å². The van der Waals surface area contributed by atoms with E-state index in [-0.39, 0.29) is 0 Å². The van der Waals surface area contributed by atoms with Gasteiger partial charge in [-0.25, -0.2) is 0 Å². The molecule has 5 nitrogen and oxygen atoms in total. The van der Waals surface area contributed by atoms with Crippen LogP contribution >= 0.6 is 0 Å². The molecule has 0 aliphatic carbocycles. The van der Waals surface area contributed by atoms with Crippen molar-refractivity contribution in [2.75, 3.05) is 26.7 Å². The van der Waals surface area contributed by atoms with E-state index in [1.165, 1.54) is 0 Å². The Morgan fingerprint density at radius 3 is 1.75 bits per heavy atom. The summed E-state index contributed by atoms with van der Waals surface area (Å²) in [6.07, 6.45) is 0.995. The zero-order valence-corrected chi connectivity index (χ0v) is 17.3. The van der Waals surface area contributed by atoms with Gasteiger partial charge in [-0.15, -0.1) is 0 Å². The standard InChI is InChI=1S/C12H34N2O3Si3/c1-15-20(16-18(2,3)4,17-19(5,6)7)12-8-10-14-11-9-13/h14H,8-13H2,1-7H3. The minimum atomic E-state index is -2.55. The van der Waals surface area contributed by atoms with E-state index in [9.17, 15) is 0 Å². The molecule has 0 bridgehead atoms. The topological polar surface area (TPSA) is 65.7 Å². The lowest BCUT2D eigenvalue weighted by Crippen LogP contribution is -2.56. The normalized spacial score (nSPS) is 13.8. The summed E-state index contributed by atoms with van der Waals surface area (Å²) in [5, 5.41) is 3.31. The van der Waals surface area contributed by atoms with Gasteiger partial charge in [0.25, 0.3) is 0 Å². The molecule has 8 heteroatoms. The van der Waals surface area contributed by atoms with E-state index in [4.69, 9.17) is 18.4 Å². The van der Waals surface area contributed by atoms with Gasteiger partial charge < -0.3 is 23.7 Å². The number of hydrogen-bond acceptors (Lipinski definition) is 5. The van der Waals surface area contributed by atoms with Crippen molar-refractivity contribution in [3.05, 3.63) is 0 Å². The van der Waals surface area contributed by atoms with Crippen molar-refractivity contribution in [1.82, 2.24) is 5.32 Å². The maximum atomic E-state index is 6.37. The monoisotopic (exact) mass is 338 g/mol. The first kappa shape index (κ1) is 20.5. The van der Waals surface area contributed by atoms with Crippen molar-refractivity contribution in [2.24, 2.45) is 5.73 Å². The molecular formula is C12H34N2O3Si3. The van der Waals surface area contributed by atoms with Crippen LogP contribution in [-0.4, -0.2) is 52.2 Å². The second-order valence-electron chi connectivity index (χ2n) is 6.96. The lowest BCUT2D eigenvalue weighted by Gasteiger charge is -2.38. The Kier molecular flexibility index (Phi) is 8.99. The quantitative estimate of drug-likeness (QED) is 0.447. The maximum absolute atomic E-state index is 6.37. The number of hydrogen-bond donors (Lipinski definition) is 2. The van der Waals surface area contributed by atoms with Gasteiger partial charge in [-0.2, -0.15) is 0 Å². The fraction of sp³-hybridized carbons (Fsp3) is 1.00. The molecule has 20 heavy (non-hydrogen) atoms. The molecule has 122 valence electrons. The van der Waals surface area contributed by atoms with Crippen LogP contribution < -0.4 is 11.1 Å². The molecule has 0 aliphatic heterocycles. The Morgan fingerprint density at radius 1 is 0.900 bits per heavy atom. The van der Waals surface area contributed by atoms with E-state index in [0.29, 0.717) is 6.54 Å². The van der Waals surface area contributed by atoms with E-state index in [0.717, 1.165) is 25.6 Å². The highest BCUT2D eigenvalue weighted by Gasteiger charge is 2.46. The second kappa shape index (κ2) is 8.79. The summed E-state index contributed by atoms with van der Waals surface area (Å²) in [5.74, 6) is 0. The molecule has 0 saturated heterocycles. The Labute approximate surface area is 128 Å². The van der Waals surface area contributed by atoms with Crippen molar-refractivity contribution in [1.29, 1.82) is 0 Å². The first-order chi connectivity index (χ1) is 9.04. The van der Waals surface area contributed by atoms with Gasteiger partial charge in [0.15, 0.2) is 16.6 Å². The van der Waals surface area contributed by atoms with Crippen LogP contribution in [0, 0.1) is 0 Å². The summed E-state index contributed by atoms with van der Waals surface area (Å²) >= 11 is 0. The van der Waals surface area contributed by atoms with Crippen LogP contribution in [0.15, 0.2) is 0 Å². The molecule has 0 aromatic heterocycles. The summed E-state index contributed by atoms with van der Waals surface area (Å²) in [6, 6.07) is 0.871. The predicted octanol–water partition coefficient (Wildman–Crippen LogP) is 2.21. The molecule has 0 spiro atoms. The smallest absolute Gasteiger partial charge is 0.416 e. The maximum Gasteiger partial charge on any atom is 0.479 e. The van der Waals surface area contributed by atoms with E-state index in [1.54, 1.807) is 7.11 Å². The third kappa shape index (κ3) is 10.2. The van der Waals surface area contributed by atoms with Crippen LogP contribution in [0.3, 0.4) is 0 Å². The lowest BCUT2D eigenvalue weighted by atomic mass is 10.5. The molecule has 0 heterocycles. The number of rotatable bonds is 11. The SMILES string of the molecule is CO[Si](CCCNCCN)(O[Si](C)(C)C)O[Si](C)(C)C. The van der Waals surface area contributed by atoms with Gasteiger partial charge in [-0.3, -0.25) is 0 Å². The second-order valence-corrected chi connectivity index (χ2v) is 19.3. The zero-order chi connectivity index (χ0) is 15.9. The van der Waals surface area contributed by atoms with E-state index >= 15 is 0 Å². The predicted molar refractivity (Wildman–Crippen MR) is 93.0 cm³/mol. The molecule has 0 aromatic carbocycles. The molecule has 0 amide bonds. The molecule has 0 unspecified atom stereocenters. The summed E-state index contributed by atoms with van der Waals surface area (Å²) in [5.41, 5.74) is 5.47. The molecule has 0 fully saturated rings. The highest BCUT2D eigenvalue weighted by atomic mass is 28.5. The minimum absolute atomic E-state index is 0.670. The number of nitrogens with two attached hydrogens (primary N) is 1. The molecule has 0 radical (unpaired) electrons. The third-order valence-corrected chi connectivity index (χ3v) is 11.4. The first-order valence-corrected chi connectivity index (χ1v) is 16.1. The average molecular weight is 339 g/mol. The molecule has 0 aromatic rings. The number of nitrogens with one attached hydrogen (secondary N) is 1. The Balaban J connectivity index is 4.66. The van der Waals surface area contributed by atoms with Crippen molar-refractivity contribution in [2.45, 2.75) is 51.7 Å². The molecule has 0 aliphatic rings. The molecule has 0 saturated carbocycles. The molecule has 0 rings (SSSR count). The van der Waals surface area contributed by atoms with Crippen LogP contribution in [0.4, 0.5) is 0 Å². The Hall–Kier alpha value is 0.451. The van der Waals surface area contributed by atoms with Gasteiger partial charge in [0.2, 0.25) is 0 Å². The van der Waals surface area contributed by atoms with Crippen LogP contribution in [0.1, 0.15) is 6.42 Å². The van der Waals surface area contributed by atoms with E-state index in [2.05, 4.69) is 44.6 Å². The third-order valence-electron chi connectivity index (χ3n) is 2.39. The van der Waals surface area contributed by atoms with Crippen LogP contribution in [0.25, 0.3) is 0 Å². The van der Waals surface area contributed by atoms with Gasteiger partial charge >= 0.3 is 8.80 Å². The van der Waals surface area contributed by atoms with Crippen molar-refractivity contribution in [3.63, 3.8) is 0 Å².